The number of hydrogen-bond acceptors (Lipinski definition) is 2. The van der Waals surface area contributed by atoms with Gasteiger partial charge in [0.1, 0.15) is 0 Å². The molecule has 2 rings (SSSR count). The number of nitrogens with zero attached hydrogens (tertiary/aromatic N) is 1. The minimum atomic E-state index is -0.823. The number of carbonyl (C=O) groups is 1. The number of carboxylic acids is 1. The van der Waals surface area contributed by atoms with Gasteiger partial charge >= 0.3 is 11.7 Å². The SMILES string of the molecule is CC(C)(CC(=O)O)c1ccc(-n2cc[nH]c2=O)cc1. The van der Waals surface area contributed by atoms with Crippen LogP contribution < -0.4 is 5.69 Å². The molecule has 2 aromatic rings. The van der Waals surface area contributed by atoms with Crippen LogP contribution in [0.4, 0.5) is 0 Å². The fourth-order valence-electron chi connectivity index (χ4n) is 2.08. The third-order valence-corrected chi connectivity index (χ3v) is 3.17. The van der Waals surface area contributed by atoms with Crippen LogP contribution in [0.2, 0.25) is 0 Å². The molecule has 0 spiro atoms. The molecule has 0 radical (unpaired) electrons. The number of hydrogen-bond donors (Lipinski definition) is 2. The van der Waals surface area contributed by atoms with Crippen molar-refractivity contribution in [3.05, 3.63) is 52.7 Å². The second-order valence-electron chi connectivity index (χ2n) is 5.14. The Labute approximate surface area is 110 Å². The van der Waals surface area contributed by atoms with E-state index < -0.39 is 11.4 Å². The summed E-state index contributed by atoms with van der Waals surface area (Å²) in [5.74, 6) is -0.823. The van der Waals surface area contributed by atoms with Gasteiger partial charge in [-0.2, -0.15) is 0 Å². The lowest BCUT2D eigenvalue weighted by molar-refractivity contribution is -0.138. The minimum Gasteiger partial charge on any atom is -0.481 e. The van der Waals surface area contributed by atoms with Crippen molar-refractivity contribution in [3.63, 3.8) is 0 Å². The van der Waals surface area contributed by atoms with Crippen molar-refractivity contribution < 1.29 is 9.90 Å². The molecule has 19 heavy (non-hydrogen) atoms. The summed E-state index contributed by atoms with van der Waals surface area (Å²) in [5, 5.41) is 8.90. The second-order valence-corrected chi connectivity index (χ2v) is 5.14. The van der Waals surface area contributed by atoms with Gasteiger partial charge in [-0.1, -0.05) is 26.0 Å². The molecule has 1 heterocycles. The van der Waals surface area contributed by atoms with Crippen molar-refractivity contribution in [1.29, 1.82) is 0 Å². The topological polar surface area (TPSA) is 75.1 Å². The van der Waals surface area contributed by atoms with E-state index in [1.54, 1.807) is 12.4 Å². The van der Waals surface area contributed by atoms with Gasteiger partial charge in [-0.25, -0.2) is 4.79 Å². The van der Waals surface area contributed by atoms with Crippen LogP contribution in [0.25, 0.3) is 5.69 Å². The van der Waals surface area contributed by atoms with Crippen molar-refractivity contribution in [2.75, 3.05) is 0 Å². The Morgan fingerprint density at radius 2 is 1.95 bits per heavy atom. The molecule has 0 unspecified atom stereocenters. The summed E-state index contributed by atoms with van der Waals surface area (Å²) in [5.41, 5.74) is 1.05. The number of benzene rings is 1. The molecule has 0 aliphatic rings. The quantitative estimate of drug-likeness (QED) is 0.881. The maximum absolute atomic E-state index is 11.5. The second kappa shape index (κ2) is 4.76. The van der Waals surface area contributed by atoms with Gasteiger partial charge in [0.15, 0.2) is 0 Å². The summed E-state index contributed by atoms with van der Waals surface area (Å²) >= 11 is 0. The van der Waals surface area contributed by atoms with Crippen molar-refractivity contribution in [3.8, 4) is 5.69 Å². The minimum absolute atomic E-state index is 0.0659. The third kappa shape index (κ3) is 2.76. The number of aliphatic carboxylic acids is 1. The first-order chi connectivity index (χ1) is 8.90. The highest BCUT2D eigenvalue weighted by atomic mass is 16.4. The summed E-state index contributed by atoms with van der Waals surface area (Å²) in [6.07, 6.45) is 3.29. The fourth-order valence-corrected chi connectivity index (χ4v) is 2.08. The number of nitrogens with one attached hydrogen (secondary N) is 1. The Morgan fingerprint density at radius 3 is 2.42 bits per heavy atom. The number of H-pyrrole nitrogens is 1. The van der Waals surface area contributed by atoms with Crippen LogP contribution in [-0.4, -0.2) is 20.6 Å². The summed E-state index contributed by atoms with van der Waals surface area (Å²) < 4.78 is 1.49. The van der Waals surface area contributed by atoms with E-state index in [4.69, 9.17) is 5.11 Å². The lowest BCUT2D eigenvalue weighted by Gasteiger charge is -2.23. The molecule has 0 aliphatic carbocycles. The molecule has 0 bridgehead atoms. The molecule has 5 nitrogen and oxygen atoms in total. The van der Waals surface area contributed by atoms with Gasteiger partial charge in [0.05, 0.1) is 12.1 Å². The van der Waals surface area contributed by atoms with Crippen molar-refractivity contribution in [1.82, 2.24) is 9.55 Å². The van der Waals surface area contributed by atoms with Gasteiger partial charge in [0.2, 0.25) is 0 Å². The maximum atomic E-state index is 11.5. The van der Waals surface area contributed by atoms with Gasteiger partial charge in [-0.05, 0) is 17.7 Å². The maximum Gasteiger partial charge on any atom is 0.330 e. The zero-order valence-electron chi connectivity index (χ0n) is 10.9. The van der Waals surface area contributed by atoms with E-state index >= 15 is 0 Å². The van der Waals surface area contributed by atoms with E-state index in [1.807, 2.05) is 38.1 Å². The molecular formula is C14H16N2O3. The van der Waals surface area contributed by atoms with Crippen LogP contribution in [0.1, 0.15) is 25.8 Å². The normalized spacial score (nSPS) is 11.5. The van der Waals surface area contributed by atoms with Gasteiger partial charge in [0.25, 0.3) is 0 Å². The van der Waals surface area contributed by atoms with E-state index in [0.717, 1.165) is 11.3 Å². The van der Waals surface area contributed by atoms with Crippen LogP contribution in [0, 0.1) is 0 Å². The average Bonchev–Trinajstić information content (AvgIpc) is 2.74. The smallest absolute Gasteiger partial charge is 0.330 e. The standard InChI is InChI=1S/C14H16N2O3/c1-14(2,9-12(17)18)10-3-5-11(6-4-10)16-8-7-15-13(16)19/h3-8H,9H2,1-2H3,(H,15,19)(H,17,18). The number of imidazole rings is 1. The molecule has 0 aliphatic heterocycles. The Bertz CT molecular complexity index is 635. The first kappa shape index (κ1) is 13.1. The monoisotopic (exact) mass is 260 g/mol. The molecule has 1 aromatic carbocycles. The number of carboxylic acid groups (broad SMARTS) is 1. The van der Waals surface area contributed by atoms with Gasteiger partial charge in [-0.15, -0.1) is 0 Å². The van der Waals surface area contributed by atoms with Crippen molar-refractivity contribution in [2.45, 2.75) is 25.7 Å². The molecule has 0 amide bonds. The molecule has 100 valence electrons. The molecule has 0 saturated carbocycles. The molecule has 1 aromatic heterocycles. The zero-order valence-corrected chi connectivity index (χ0v) is 10.9. The largest absolute Gasteiger partial charge is 0.481 e. The first-order valence-electron chi connectivity index (χ1n) is 5.99. The highest BCUT2D eigenvalue weighted by Crippen LogP contribution is 2.27. The Hall–Kier alpha value is -2.30. The lowest BCUT2D eigenvalue weighted by Crippen LogP contribution is -2.21. The molecular weight excluding hydrogens is 244 g/mol. The molecule has 0 saturated heterocycles. The predicted octanol–water partition coefficient (Wildman–Crippen LogP) is 1.92. The third-order valence-electron chi connectivity index (χ3n) is 3.17. The number of aromatic amines is 1. The first-order valence-corrected chi connectivity index (χ1v) is 5.99. The van der Waals surface area contributed by atoms with E-state index in [2.05, 4.69) is 4.98 Å². The molecule has 5 heteroatoms. The number of rotatable bonds is 4. The Kier molecular flexibility index (Phi) is 3.29. The Balaban J connectivity index is 2.31. The number of aromatic nitrogens is 2. The van der Waals surface area contributed by atoms with Crippen molar-refractivity contribution >= 4 is 5.97 Å². The highest BCUT2D eigenvalue weighted by molar-refractivity contribution is 5.68. The summed E-state index contributed by atoms with van der Waals surface area (Å²) in [4.78, 5) is 24.9. The van der Waals surface area contributed by atoms with E-state index in [0.29, 0.717) is 0 Å². The highest BCUT2D eigenvalue weighted by Gasteiger charge is 2.23. The van der Waals surface area contributed by atoms with Gasteiger partial charge in [0, 0.05) is 17.8 Å². The van der Waals surface area contributed by atoms with Crippen molar-refractivity contribution in [2.24, 2.45) is 0 Å². The van der Waals surface area contributed by atoms with Crippen LogP contribution >= 0.6 is 0 Å². The van der Waals surface area contributed by atoms with E-state index in [9.17, 15) is 9.59 Å². The van der Waals surface area contributed by atoms with E-state index in [-0.39, 0.29) is 12.1 Å². The summed E-state index contributed by atoms with van der Waals surface area (Å²) in [7, 11) is 0. The molecule has 2 N–H and O–H groups in total. The van der Waals surface area contributed by atoms with Gasteiger partial charge < -0.3 is 10.1 Å². The molecule has 0 atom stereocenters. The fraction of sp³-hybridized carbons (Fsp3) is 0.286. The zero-order chi connectivity index (χ0) is 14.0. The van der Waals surface area contributed by atoms with Crippen LogP contribution in [0.5, 0.6) is 0 Å². The molecule has 0 fully saturated rings. The summed E-state index contributed by atoms with van der Waals surface area (Å²) in [6.45, 7) is 3.77. The average molecular weight is 260 g/mol. The van der Waals surface area contributed by atoms with Gasteiger partial charge in [-0.3, -0.25) is 9.36 Å². The van der Waals surface area contributed by atoms with Crippen LogP contribution in [-0.2, 0) is 10.2 Å². The van der Waals surface area contributed by atoms with Crippen LogP contribution in [0.3, 0.4) is 0 Å². The van der Waals surface area contributed by atoms with Crippen LogP contribution in [0.15, 0.2) is 41.5 Å². The lowest BCUT2D eigenvalue weighted by atomic mass is 9.81. The Morgan fingerprint density at radius 1 is 1.32 bits per heavy atom. The summed E-state index contributed by atoms with van der Waals surface area (Å²) in [6, 6.07) is 7.35. The van der Waals surface area contributed by atoms with E-state index in [1.165, 1.54) is 4.57 Å². The predicted molar refractivity (Wildman–Crippen MR) is 71.7 cm³/mol.